The van der Waals surface area contributed by atoms with Gasteiger partial charge < -0.3 is 11.1 Å². The third-order valence-corrected chi connectivity index (χ3v) is 4.36. The van der Waals surface area contributed by atoms with Crippen LogP contribution < -0.4 is 11.1 Å². The smallest absolute Gasteiger partial charge is 0.0701 e. The monoisotopic (exact) mass is 260 g/mol. The van der Waals surface area contributed by atoms with Crippen molar-refractivity contribution >= 4 is 27.3 Å². The minimum absolute atomic E-state index is 0.616. The minimum Gasteiger partial charge on any atom is -0.330 e. The van der Waals surface area contributed by atoms with Crippen LogP contribution in [0.25, 0.3) is 0 Å². The molecule has 2 atom stereocenters. The van der Waals surface area contributed by atoms with E-state index >= 15 is 0 Å². The molecule has 0 spiro atoms. The lowest BCUT2D eigenvalue weighted by molar-refractivity contribution is 0.537. The summed E-state index contributed by atoms with van der Waals surface area (Å²) in [7, 11) is 0. The largest absolute Gasteiger partial charge is 0.330 e. The summed E-state index contributed by atoms with van der Waals surface area (Å²) in [5, 5.41) is 3.39. The molecule has 1 aliphatic heterocycles. The predicted molar refractivity (Wildman–Crippen MR) is 60.2 cm³/mol. The van der Waals surface area contributed by atoms with Crippen molar-refractivity contribution in [2.24, 2.45) is 11.7 Å². The lowest BCUT2D eigenvalue weighted by atomic mass is 9.95. The summed E-state index contributed by atoms with van der Waals surface area (Å²) >= 11 is 5.31. The number of nitrogens with two attached hydrogens (primary N) is 1. The molecule has 0 bridgehead atoms. The van der Waals surface area contributed by atoms with Crippen molar-refractivity contribution in [2.75, 3.05) is 19.6 Å². The van der Waals surface area contributed by atoms with E-state index in [-0.39, 0.29) is 0 Å². The molecule has 1 aliphatic rings. The molecule has 72 valence electrons. The predicted octanol–water partition coefficient (Wildman–Crippen LogP) is 1.77. The molecule has 1 saturated heterocycles. The van der Waals surface area contributed by atoms with Gasteiger partial charge in [-0.05, 0) is 47.1 Å². The molecule has 4 heteroatoms. The first kappa shape index (κ1) is 9.65. The Kier molecular flexibility index (Phi) is 3.03. The molecule has 1 aromatic rings. The molecule has 0 aliphatic carbocycles. The fourth-order valence-corrected chi connectivity index (χ4v) is 3.46. The van der Waals surface area contributed by atoms with Crippen molar-refractivity contribution < 1.29 is 0 Å². The van der Waals surface area contributed by atoms with Crippen LogP contribution in [0.1, 0.15) is 10.8 Å². The van der Waals surface area contributed by atoms with Crippen LogP contribution in [0.15, 0.2) is 15.9 Å². The number of thiophene rings is 1. The van der Waals surface area contributed by atoms with Crippen molar-refractivity contribution in [3.8, 4) is 0 Å². The maximum Gasteiger partial charge on any atom is 0.0701 e. The van der Waals surface area contributed by atoms with Crippen molar-refractivity contribution in [3.63, 3.8) is 0 Å². The maximum absolute atomic E-state index is 5.72. The number of rotatable bonds is 2. The van der Waals surface area contributed by atoms with Crippen LogP contribution in [0.5, 0.6) is 0 Å². The van der Waals surface area contributed by atoms with Gasteiger partial charge in [0.1, 0.15) is 0 Å². The summed E-state index contributed by atoms with van der Waals surface area (Å²) < 4.78 is 1.21. The summed E-state index contributed by atoms with van der Waals surface area (Å²) in [6, 6.07) is 4.32. The molecule has 0 radical (unpaired) electrons. The number of nitrogens with one attached hydrogen (secondary N) is 1. The van der Waals surface area contributed by atoms with Crippen LogP contribution in [-0.2, 0) is 0 Å². The Morgan fingerprint density at radius 3 is 3.00 bits per heavy atom. The Hall–Kier alpha value is 0.1000. The van der Waals surface area contributed by atoms with E-state index in [0.29, 0.717) is 11.8 Å². The zero-order valence-corrected chi connectivity index (χ0v) is 9.70. The standard InChI is InChI=1S/C9H13BrN2S/c10-9-2-1-8(13-9)7-5-12-4-6(7)3-11/h1-2,6-7,12H,3-5,11H2. The fourth-order valence-electron chi connectivity index (χ4n) is 1.84. The van der Waals surface area contributed by atoms with Crippen LogP contribution in [0.2, 0.25) is 0 Å². The van der Waals surface area contributed by atoms with E-state index in [1.165, 1.54) is 8.66 Å². The first-order valence-corrected chi connectivity index (χ1v) is 6.08. The quantitative estimate of drug-likeness (QED) is 0.851. The van der Waals surface area contributed by atoms with Crippen molar-refractivity contribution in [1.82, 2.24) is 5.32 Å². The highest BCUT2D eigenvalue weighted by Gasteiger charge is 2.27. The highest BCUT2D eigenvalue weighted by molar-refractivity contribution is 9.11. The third kappa shape index (κ3) is 1.96. The molecule has 0 saturated carbocycles. The Morgan fingerprint density at radius 2 is 2.38 bits per heavy atom. The summed E-state index contributed by atoms with van der Waals surface area (Å²) in [6.45, 7) is 2.93. The van der Waals surface area contributed by atoms with E-state index < -0.39 is 0 Å². The third-order valence-electron chi connectivity index (χ3n) is 2.60. The van der Waals surface area contributed by atoms with Crippen molar-refractivity contribution in [2.45, 2.75) is 5.92 Å². The molecule has 2 unspecified atom stereocenters. The number of hydrogen-bond acceptors (Lipinski definition) is 3. The molecule has 3 N–H and O–H groups in total. The fraction of sp³-hybridized carbons (Fsp3) is 0.556. The SMILES string of the molecule is NCC1CNCC1c1ccc(Br)s1. The summed E-state index contributed by atoms with van der Waals surface area (Å²) in [4.78, 5) is 1.45. The zero-order chi connectivity index (χ0) is 9.26. The summed E-state index contributed by atoms with van der Waals surface area (Å²) in [6.07, 6.45) is 0. The molecular weight excluding hydrogens is 248 g/mol. The van der Waals surface area contributed by atoms with Gasteiger partial charge in [-0.1, -0.05) is 0 Å². The molecule has 13 heavy (non-hydrogen) atoms. The maximum atomic E-state index is 5.72. The van der Waals surface area contributed by atoms with E-state index in [1.54, 1.807) is 0 Å². The molecule has 1 aromatic heterocycles. The zero-order valence-electron chi connectivity index (χ0n) is 7.29. The second-order valence-corrected chi connectivity index (χ2v) is 5.90. The number of halogens is 1. The summed E-state index contributed by atoms with van der Waals surface area (Å²) in [5.41, 5.74) is 5.72. The Labute approximate surface area is 90.6 Å². The van der Waals surface area contributed by atoms with E-state index in [1.807, 2.05) is 11.3 Å². The molecule has 1 fully saturated rings. The van der Waals surface area contributed by atoms with Gasteiger partial charge in [0.05, 0.1) is 3.79 Å². The van der Waals surface area contributed by atoms with Gasteiger partial charge in [-0.2, -0.15) is 0 Å². The molecular formula is C9H13BrN2S. The second kappa shape index (κ2) is 4.09. The minimum atomic E-state index is 0.616. The second-order valence-electron chi connectivity index (χ2n) is 3.40. The molecule has 2 heterocycles. The van der Waals surface area contributed by atoms with Crippen molar-refractivity contribution in [1.29, 1.82) is 0 Å². The average Bonchev–Trinajstić information content (AvgIpc) is 2.71. The van der Waals surface area contributed by atoms with E-state index in [4.69, 9.17) is 5.73 Å². The first-order chi connectivity index (χ1) is 6.31. The molecule has 2 nitrogen and oxygen atoms in total. The van der Waals surface area contributed by atoms with Gasteiger partial charge in [0.2, 0.25) is 0 Å². The van der Waals surface area contributed by atoms with Gasteiger partial charge in [0.15, 0.2) is 0 Å². The van der Waals surface area contributed by atoms with Crippen molar-refractivity contribution in [3.05, 3.63) is 20.8 Å². The summed E-state index contributed by atoms with van der Waals surface area (Å²) in [5.74, 6) is 1.24. The lowest BCUT2D eigenvalue weighted by Gasteiger charge is -2.14. The average molecular weight is 261 g/mol. The van der Waals surface area contributed by atoms with E-state index in [0.717, 1.165) is 19.6 Å². The Balaban J connectivity index is 2.15. The molecule has 2 rings (SSSR count). The van der Waals surface area contributed by atoms with Gasteiger partial charge in [0.25, 0.3) is 0 Å². The number of hydrogen-bond donors (Lipinski definition) is 2. The van der Waals surface area contributed by atoms with Gasteiger partial charge >= 0.3 is 0 Å². The topological polar surface area (TPSA) is 38.0 Å². The highest BCUT2D eigenvalue weighted by Crippen LogP contribution is 2.34. The van der Waals surface area contributed by atoms with Crippen LogP contribution in [0.3, 0.4) is 0 Å². The van der Waals surface area contributed by atoms with E-state index in [2.05, 4.69) is 33.4 Å². The van der Waals surface area contributed by atoms with E-state index in [9.17, 15) is 0 Å². The Morgan fingerprint density at radius 1 is 1.54 bits per heavy atom. The van der Waals surface area contributed by atoms with Crippen LogP contribution >= 0.6 is 27.3 Å². The molecule has 0 amide bonds. The van der Waals surface area contributed by atoms with Gasteiger partial charge in [-0.3, -0.25) is 0 Å². The lowest BCUT2D eigenvalue weighted by Crippen LogP contribution is -2.20. The van der Waals surface area contributed by atoms with Gasteiger partial charge in [-0.15, -0.1) is 11.3 Å². The Bertz CT molecular complexity index is 287. The van der Waals surface area contributed by atoms with Crippen LogP contribution in [0, 0.1) is 5.92 Å². The van der Waals surface area contributed by atoms with Crippen LogP contribution in [0.4, 0.5) is 0 Å². The highest BCUT2D eigenvalue weighted by atomic mass is 79.9. The first-order valence-electron chi connectivity index (χ1n) is 4.47. The molecule has 0 aromatic carbocycles. The van der Waals surface area contributed by atoms with Gasteiger partial charge in [-0.25, -0.2) is 0 Å². The van der Waals surface area contributed by atoms with Crippen LogP contribution in [-0.4, -0.2) is 19.6 Å². The normalized spacial score (nSPS) is 28.2. The van der Waals surface area contributed by atoms with Gasteiger partial charge in [0, 0.05) is 17.3 Å².